The Kier molecular flexibility index (Phi) is 6.43. The topological polar surface area (TPSA) is 71.1 Å². The summed E-state index contributed by atoms with van der Waals surface area (Å²) in [5.74, 6) is -1.27. The number of hydrogen-bond acceptors (Lipinski definition) is 3. The second-order valence-electron chi connectivity index (χ2n) is 5.85. The van der Waals surface area contributed by atoms with Crippen molar-refractivity contribution in [2.45, 2.75) is 32.5 Å². The number of aromatic nitrogens is 1. The van der Waals surface area contributed by atoms with Gasteiger partial charge >= 0.3 is 6.18 Å². The van der Waals surface area contributed by atoms with Crippen molar-refractivity contribution in [3.05, 3.63) is 58.4 Å². The molecule has 9 heteroatoms. The lowest BCUT2D eigenvalue weighted by molar-refractivity contribution is -0.136. The van der Waals surface area contributed by atoms with Crippen LogP contribution in [0.15, 0.2) is 36.5 Å². The normalized spacial score (nSPS) is 12.4. The Hall–Kier alpha value is -2.61. The minimum Gasteiger partial charge on any atom is -0.350 e. The number of anilines is 1. The van der Waals surface area contributed by atoms with Crippen LogP contribution in [0.2, 0.25) is 5.02 Å². The number of benzene rings is 1. The summed E-state index contributed by atoms with van der Waals surface area (Å²) in [7, 11) is 0. The van der Waals surface area contributed by atoms with Crippen molar-refractivity contribution in [2.75, 3.05) is 5.32 Å². The van der Waals surface area contributed by atoms with Gasteiger partial charge in [0.2, 0.25) is 0 Å². The van der Waals surface area contributed by atoms with Gasteiger partial charge in [-0.3, -0.25) is 14.6 Å². The number of carbonyl (C=O) groups is 2. The molecule has 1 aromatic heterocycles. The summed E-state index contributed by atoms with van der Waals surface area (Å²) in [5, 5.41) is 4.79. The Morgan fingerprint density at radius 2 is 1.89 bits per heavy atom. The van der Waals surface area contributed by atoms with Gasteiger partial charge in [0.1, 0.15) is 5.69 Å². The van der Waals surface area contributed by atoms with Gasteiger partial charge in [-0.15, -0.1) is 0 Å². The van der Waals surface area contributed by atoms with Gasteiger partial charge in [-0.25, -0.2) is 0 Å². The van der Waals surface area contributed by atoms with Crippen molar-refractivity contribution in [3.8, 4) is 0 Å². The molecule has 0 spiro atoms. The maximum Gasteiger partial charge on any atom is 0.418 e. The first kappa shape index (κ1) is 20.7. The van der Waals surface area contributed by atoms with Crippen LogP contribution in [-0.4, -0.2) is 22.8 Å². The summed E-state index contributed by atoms with van der Waals surface area (Å²) in [4.78, 5) is 28.3. The molecule has 27 heavy (non-hydrogen) atoms. The molecule has 0 aliphatic carbocycles. The van der Waals surface area contributed by atoms with Gasteiger partial charge in [0.05, 0.1) is 11.3 Å². The summed E-state index contributed by atoms with van der Waals surface area (Å²) in [6.07, 6.45) is -2.73. The summed E-state index contributed by atoms with van der Waals surface area (Å²) < 4.78 is 39.4. The standard InChI is InChI=1S/C18H17ClF3N3O2/c1-3-10(2)24-16(26)11-6-7-23-15(8-11)17(27)25-14-5-4-12(19)9-13(14)18(20,21)22/h4-10H,3H2,1-2H3,(H,24,26)(H,25,27). The molecule has 5 nitrogen and oxygen atoms in total. The molecule has 1 heterocycles. The number of hydrogen-bond donors (Lipinski definition) is 2. The zero-order valence-corrected chi connectivity index (χ0v) is 15.3. The van der Waals surface area contributed by atoms with E-state index in [2.05, 4.69) is 15.6 Å². The van der Waals surface area contributed by atoms with E-state index in [0.29, 0.717) is 0 Å². The molecule has 2 amide bonds. The van der Waals surface area contributed by atoms with Crippen LogP contribution in [0.3, 0.4) is 0 Å². The molecule has 2 N–H and O–H groups in total. The fraction of sp³-hybridized carbons (Fsp3) is 0.278. The van der Waals surface area contributed by atoms with E-state index >= 15 is 0 Å². The van der Waals surface area contributed by atoms with Crippen LogP contribution in [-0.2, 0) is 6.18 Å². The van der Waals surface area contributed by atoms with E-state index in [1.165, 1.54) is 24.4 Å². The Morgan fingerprint density at radius 1 is 1.19 bits per heavy atom. The molecule has 0 saturated carbocycles. The van der Waals surface area contributed by atoms with Gasteiger partial charge in [-0.1, -0.05) is 18.5 Å². The predicted octanol–water partition coefficient (Wildman–Crippen LogP) is 4.53. The Labute approximate surface area is 158 Å². The van der Waals surface area contributed by atoms with Gasteiger partial charge in [0.25, 0.3) is 11.8 Å². The SMILES string of the molecule is CCC(C)NC(=O)c1ccnc(C(=O)Nc2ccc(Cl)cc2C(F)(F)F)c1. The Morgan fingerprint density at radius 3 is 2.52 bits per heavy atom. The molecule has 1 atom stereocenters. The Bertz CT molecular complexity index is 856. The largest absolute Gasteiger partial charge is 0.418 e. The molecule has 1 aromatic carbocycles. The molecular weight excluding hydrogens is 383 g/mol. The van der Waals surface area contributed by atoms with Gasteiger partial charge in [0, 0.05) is 22.8 Å². The van der Waals surface area contributed by atoms with E-state index < -0.39 is 29.2 Å². The molecule has 0 radical (unpaired) electrons. The van der Waals surface area contributed by atoms with Crippen LogP contribution >= 0.6 is 11.6 Å². The molecule has 144 valence electrons. The first-order valence-electron chi connectivity index (χ1n) is 8.06. The van der Waals surface area contributed by atoms with E-state index in [1.807, 2.05) is 13.8 Å². The molecule has 0 aliphatic rings. The van der Waals surface area contributed by atoms with Crippen molar-refractivity contribution in [3.63, 3.8) is 0 Å². The minimum atomic E-state index is -4.70. The highest BCUT2D eigenvalue weighted by Crippen LogP contribution is 2.36. The van der Waals surface area contributed by atoms with Crippen LogP contribution in [0, 0.1) is 0 Å². The first-order valence-corrected chi connectivity index (χ1v) is 8.44. The fourth-order valence-electron chi connectivity index (χ4n) is 2.15. The average molecular weight is 400 g/mol. The quantitative estimate of drug-likeness (QED) is 0.775. The van der Waals surface area contributed by atoms with E-state index in [0.717, 1.165) is 18.6 Å². The van der Waals surface area contributed by atoms with Crippen molar-refractivity contribution < 1.29 is 22.8 Å². The molecular formula is C18H17ClF3N3O2. The van der Waals surface area contributed by atoms with Crippen LogP contribution in [0.25, 0.3) is 0 Å². The van der Waals surface area contributed by atoms with Crippen molar-refractivity contribution >= 4 is 29.1 Å². The van der Waals surface area contributed by atoms with Crippen molar-refractivity contribution in [1.82, 2.24) is 10.3 Å². The molecule has 0 bridgehead atoms. The maximum absolute atomic E-state index is 13.1. The number of carbonyl (C=O) groups excluding carboxylic acids is 2. The summed E-state index contributed by atoms with van der Waals surface area (Å²) in [5.41, 5.74) is -1.53. The molecule has 1 unspecified atom stereocenters. The smallest absolute Gasteiger partial charge is 0.350 e. The highest BCUT2D eigenvalue weighted by molar-refractivity contribution is 6.30. The summed E-state index contributed by atoms with van der Waals surface area (Å²) in [6, 6.07) is 5.58. The van der Waals surface area contributed by atoms with E-state index in [1.54, 1.807) is 0 Å². The number of alkyl halides is 3. The van der Waals surface area contributed by atoms with Gasteiger partial charge < -0.3 is 10.6 Å². The number of rotatable bonds is 5. The van der Waals surface area contributed by atoms with E-state index in [4.69, 9.17) is 11.6 Å². The molecule has 0 saturated heterocycles. The fourth-order valence-corrected chi connectivity index (χ4v) is 2.32. The molecule has 2 aromatic rings. The summed E-state index contributed by atoms with van der Waals surface area (Å²) in [6.45, 7) is 3.73. The number of amides is 2. The second kappa shape index (κ2) is 8.39. The van der Waals surface area contributed by atoms with E-state index in [-0.39, 0.29) is 22.3 Å². The third-order valence-corrected chi connectivity index (χ3v) is 4.01. The lowest BCUT2D eigenvalue weighted by Crippen LogP contribution is -2.32. The number of pyridine rings is 1. The monoisotopic (exact) mass is 399 g/mol. The summed E-state index contributed by atoms with van der Waals surface area (Å²) >= 11 is 5.62. The van der Waals surface area contributed by atoms with Gasteiger partial charge in [0.15, 0.2) is 0 Å². The Balaban J connectivity index is 2.25. The van der Waals surface area contributed by atoms with Gasteiger partial charge in [-0.05, 0) is 43.7 Å². The van der Waals surface area contributed by atoms with Crippen molar-refractivity contribution in [2.24, 2.45) is 0 Å². The number of nitrogens with zero attached hydrogens (tertiary/aromatic N) is 1. The van der Waals surface area contributed by atoms with E-state index in [9.17, 15) is 22.8 Å². The average Bonchev–Trinajstić information content (AvgIpc) is 2.62. The zero-order chi connectivity index (χ0) is 20.2. The van der Waals surface area contributed by atoms with Crippen LogP contribution in [0.4, 0.5) is 18.9 Å². The van der Waals surface area contributed by atoms with Crippen LogP contribution in [0.5, 0.6) is 0 Å². The highest BCUT2D eigenvalue weighted by atomic mass is 35.5. The number of nitrogens with one attached hydrogen (secondary N) is 2. The zero-order valence-electron chi connectivity index (χ0n) is 14.5. The first-order chi connectivity index (χ1) is 12.6. The molecule has 2 rings (SSSR count). The highest BCUT2D eigenvalue weighted by Gasteiger charge is 2.34. The third kappa shape index (κ3) is 5.43. The minimum absolute atomic E-state index is 0.0636. The third-order valence-electron chi connectivity index (χ3n) is 3.78. The lowest BCUT2D eigenvalue weighted by atomic mass is 10.1. The number of halogens is 4. The van der Waals surface area contributed by atoms with Crippen molar-refractivity contribution in [1.29, 1.82) is 0 Å². The van der Waals surface area contributed by atoms with Crippen LogP contribution in [0.1, 0.15) is 46.7 Å². The predicted molar refractivity (Wildman–Crippen MR) is 95.9 cm³/mol. The van der Waals surface area contributed by atoms with Gasteiger partial charge in [-0.2, -0.15) is 13.2 Å². The second-order valence-corrected chi connectivity index (χ2v) is 6.29. The lowest BCUT2D eigenvalue weighted by Gasteiger charge is -2.14. The molecule has 0 fully saturated rings. The van der Waals surface area contributed by atoms with Crippen LogP contribution < -0.4 is 10.6 Å². The maximum atomic E-state index is 13.1. The molecule has 0 aliphatic heterocycles.